The Bertz CT molecular complexity index is 209. The predicted molar refractivity (Wildman–Crippen MR) is 38.0 cm³/mol. The minimum absolute atomic E-state index is 0. The fourth-order valence-corrected chi connectivity index (χ4v) is 0.936. The fraction of sp³-hybridized carbons (Fsp3) is 0.750. The van der Waals surface area contributed by atoms with Crippen molar-refractivity contribution < 1.29 is 55.2 Å². The third-order valence-electron chi connectivity index (χ3n) is 1.33. The number of rotatable bonds is 3. The maximum atomic E-state index is 10.4. The molecular formula is C4H11NNaO5P. The van der Waals surface area contributed by atoms with Gasteiger partial charge in [0, 0.05) is 0 Å². The number of likely N-dealkylation sites (N-methyl/N-ethyl adjacent to an activating group) is 1. The molecule has 0 aromatic heterocycles. The van der Waals surface area contributed by atoms with E-state index in [9.17, 15) is 9.36 Å². The van der Waals surface area contributed by atoms with E-state index >= 15 is 0 Å². The molecule has 0 heterocycles. The normalized spacial score (nSPS) is 13.8. The van der Waals surface area contributed by atoms with Gasteiger partial charge in [-0.25, -0.2) is 4.57 Å². The van der Waals surface area contributed by atoms with Gasteiger partial charge in [-0.05, 0) is 14.0 Å². The van der Waals surface area contributed by atoms with E-state index in [4.69, 9.17) is 14.9 Å². The first-order valence-electron chi connectivity index (χ1n) is 2.78. The zero-order valence-corrected chi connectivity index (χ0v) is 10.0. The summed E-state index contributed by atoms with van der Waals surface area (Å²) in [5.41, 5.74) is 0. The minimum Gasteiger partial charge on any atom is -1.00 e. The van der Waals surface area contributed by atoms with E-state index in [-0.39, 0.29) is 31.0 Å². The third kappa shape index (κ3) is 4.57. The molecule has 12 heavy (non-hydrogen) atoms. The zero-order valence-electron chi connectivity index (χ0n) is 8.13. The van der Waals surface area contributed by atoms with Gasteiger partial charge in [-0.15, -0.1) is 0 Å². The zero-order chi connectivity index (χ0) is 9.23. The summed E-state index contributed by atoms with van der Waals surface area (Å²) in [6.45, 7) is 1.20. The van der Waals surface area contributed by atoms with Gasteiger partial charge in [0.05, 0.1) is 0 Å². The predicted octanol–water partition coefficient (Wildman–Crippen LogP) is -3.40. The SMILES string of the molecule is CC(C(=O)O)N(C)P(=O)(O)O.[H-].[Na+]. The largest absolute Gasteiger partial charge is 1.00 e. The van der Waals surface area contributed by atoms with Crippen molar-refractivity contribution >= 4 is 13.7 Å². The Morgan fingerprint density at radius 2 is 1.92 bits per heavy atom. The molecular weight excluding hydrogens is 196 g/mol. The summed E-state index contributed by atoms with van der Waals surface area (Å²) in [7, 11) is -3.36. The molecule has 0 aliphatic rings. The number of carboxylic acid groups (broad SMARTS) is 1. The Kier molecular flexibility index (Phi) is 6.71. The first kappa shape index (κ1) is 15.1. The Hall–Kier alpha value is 0.580. The van der Waals surface area contributed by atoms with Crippen LogP contribution in [0.1, 0.15) is 8.35 Å². The summed E-state index contributed by atoms with van der Waals surface area (Å²) >= 11 is 0. The van der Waals surface area contributed by atoms with E-state index < -0.39 is 19.8 Å². The van der Waals surface area contributed by atoms with E-state index in [1.54, 1.807) is 0 Å². The number of hydrogen-bond donors (Lipinski definition) is 3. The van der Waals surface area contributed by atoms with Gasteiger partial charge in [0.1, 0.15) is 6.04 Å². The first-order chi connectivity index (χ1) is 4.76. The number of aliphatic carboxylic acids is 1. The smallest absolute Gasteiger partial charge is 1.00 e. The summed E-state index contributed by atoms with van der Waals surface area (Å²) in [6.07, 6.45) is 0. The van der Waals surface area contributed by atoms with Crippen LogP contribution in [-0.2, 0) is 9.36 Å². The molecule has 6 nitrogen and oxygen atoms in total. The Morgan fingerprint density at radius 1 is 1.58 bits per heavy atom. The molecule has 0 rings (SSSR count). The average Bonchev–Trinajstić information content (AvgIpc) is 1.82. The van der Waals surface area contributed by atoms with Crippen molar-refractivity contribution in [1.82, 2.24) is 4.67 Å². The summed E-state index contributed by atoms with van der Waals surface area (Å²) in [4.78, 5) is 27.2. The number of hydrogen-bond acceptors (Lipinski definition) is 2. The standard InChI is InChI=1S/C4H10NO5P.Na.H/c1-3(4(6)7)5(2)11(8,9)10;;/h3H,1-2H3,(H,6,7)(H2,8,9,10);;/q;+1;-1. The summed E-state index contributed by atoms with van der Waals surface area (Å²) < 4.78 is 10.9. The maximum Gasteiger partial charge on any atom is 1.00 e. The van der Waals surface area contributed by atoms with Crippen molar-refractivity contribution in [2.24, 2.45) is 0 Å². The molecule has 0 saturated heterocycles. The molecule has 0 saturated carbocycles. The van der Waals surface area contributed by atoms with Gasteiger partial charge in [0.15, 0.2) is 0 Å². The van der Waals surface area contributed by atoms with Crippen LogP contribution in [0.2, 0.25) is 0 Å². The molecule has 0 aliphatic heterocycles. The molecule has 0 aromatic carbocycles. The topological polar surface area (TPSA) is 98.1 Å². The molecule has 0 bridgehead atoms. The molecule has 0 aliphatic carbocycles. The van der Waals surface area contributed by atoms with Crippen LogP contribution in [0.25, 0.3) is 0 Å². The van der Waals surface area contributed by atoms with Gasteiger partial charge in [-0.1, -0.05) is 0 Å². The van der Waals surface area contributed by atoms with Gasteiger partial charge in [0.2, 0.25) is 0 Å². The van der Waals surface area contributed by atoms with Crippen LogP contribution in [-0.4, -0.2) is 38.6 Å². The van der Waals surface area contributed by atoms with Crippen LogP contribution >= 0.6 is 7.75 Å². The van der Waals surface area contributed by atoms with E-state index in [2.05, 4.69) is 0 Å². The minimum atomic E-state index is -4.41. The van der Waals surface area contributed by atoms with Gasteiger partial charge in [-0.2, -0.15) is 4.67 Å². The second-order valence-corrected chi connectivity index (χ2v) is 3.76. The van der Waals surface area contributed by atoms with Gasteiger partial charge < -0.3 is 16.3 Å². The Balaban J connectivity index is -0.000000500. The van der Waals surface area contributed by atoms with Crippen LogP contribution in [0.15, 0.2) is 0 Å². The molecule has 0 spiro atoms. The van der Waals surface area contributed by atoms with Crippen molar-refractivity contribution in [3.05, 3.63) is 0 Å². The Morgan fingerprint density at radius 3 is 2.00 bits per heavy atom. The van der Waals surface area contributed by atoms with Gasteiger partial charge >= 0.3 is 43.3 Å². The van der Waals surface area contributed by atoms with Crippen molar-refractivity contribution in [3.63, 3.8) is 0 Å². The summed E-state index contributed by atoms with van der Waals surface area (Å²) in [5, 5.41) is 8.33. The Labute approximate surface area is 93.6 Å². The van der Waals surface area contributed by atoms with Gasteiger partial charge in [-0.3, -0.25) is 4.79 Å². The van der Waals surface area contributed by atoms with E-state index in [1.165, 1.54) is 6.92 Å². The van der Waals surface area contributed by atoms with Crippen LogP contribution in [0, 0.1) is 0 Å². The molecule has 0 fully saturated rings. The quantitative estimate of drug-likeness (QED) is 0.329. The maximum absolute atomic E-state index is 10.4. The number of carboxylic acids is 1. The molecule has 0 amide bonds. The molecule has 3 N–H and O–H groups in total. The van der Waals surface area contributed by atoms with E-state index in [0.717, 1.165) is 7.05 Å². The first-order valence-corrected chi connectivity index (χ1v) is 4.35. The monoisotopic (exact) mass is 207 g/mol. The van der Waals surface area contributed by atoms with Crippen molar-refractivity contribution in [2.75, 3.05) is 7.05 Å². The average molecular weight is 207 g/mol. The summed E-state index contributed by atoms with van der Waals surface area (Å²) in [6, 6.07) is -1.18. The molecule has 1 atom stereocenters. The molecule has 8 heteroatoms. The summed E-state index contributed by atoms with van der Waals surface area (Å²) in [5.74, 6) is -1.27. The van der Waals surface area contributed by atoms with Crippen LogP contribution in [0.4, 0.5) is 0 Å². The second kappa shape index (κ2) is 5.34. The molecule has 1 unspecified atom stereocenters. The van der Waals surface area contributed by atoms with Crippen LogP contribution in [0.3, 0.4) is 0 Å². The third-order valence-corrected chi connectivity index (χ3v) is 2.50. The van der Waals surface area contributed by atoms with Crippen molar-refractivity contribution in [1.29, 1.82) is 0 Å². The molecule has 0 radical (unpaired) electrons. The van der Waals surface area contributed by atoms with E-state index in [0.29, 0.717) is 4.67 Å². The van der Waals surface area contributed by atoms with Crippen LogP contribution in [0.5, 0.6) is 0 Å². The fourth-order valence-electron chi connectivity index (χ4n) is 0.385. The van der Waals surface area contributed by atoms with Crippen LogP contribution < -0.4 is 29.6 Å². The number of nitrogens with zero attached hydrogens (tertiary/aromatic N) is 1. The van der Waals surface area contributed by atoms with Gasteiger partial charge in [0.25, 0.3) is 0 Å². The molecule has 0 aromatic rings. The van der Waals surface area contributed by atoms with Crippen molar-refractivity contribution in [3.8, 4) is 0 Å². The molecule has 68 valence electrons. The number of carbonyl (C=O) groups is 1. The van der Waals surface area contributed by atoms with E-state index in [1.807, 2.05) is 0 Å². The van der Waals surface area contributed by atoms with Crippen molar-refractivity contribution in [2.45, 2.75) is 13.0 Å². The second-order valence-electron chi connectivity index (χ2n) is 2.10.